The minimum Gasteiger partial charge on any atom is -0.508 e. The Morgan fingerprint density at radius 2 is 1.37 bits per heavy atom. The minimum atomic E-state index is -2.46. The van der Waals surface area contributed by atoms with E-state index in [0.717, 1.165) is 33.8 Å². The van der Waals surface area contributed by atoms with Crippen LogP contribution < -0.4 is 0 Å². The first kappa shape index (κ1) is 36.3. The van der Waals surface area contributed by atoms with Crippen LogP contribution in [-0.2, 0) is 61.9 Å². The third kappa shape index (κ3) is 9.68. The lowest BCUT2D eigenvalue weighted by atomic mass is 9.98. The van der Waals surface area contributed by atoms with Crippen LogP contribution >= 0.6 is 0 Å². The van der Waals surface area contributed by atoms with Crippen LogP contribution in [0.4, 0.5) is 0 Å². The number of carbonyl (C=O) groups excluding carboxylic acids is 5. The molecule has 46 heavy (non-hydrogen) atoms. The van der Waals surface area contributed by atoms with Crippen molar-refractivity contribution in [2.45, 2.75) is 82.5 Å². The standard InChI is InChI=1S/C29H36O17/c1-14(30)39-12-21-25(42-16(3)32)26(43-17(4)33)24(37)28(44-21)46-29(13-41-15(2)31)27(38)23(36)20(45-29)11-40-22(35)10-7-18-5-8-19(34)9-6-18/h5-10,20-21,23-28,34,36-38H,11-13H2,1-4H3/t20-,21+,23+,24+,25-,26+,27-,28+,29+/m1/s1. The van der Waals surface area contributed by atoms with Crippen molar-refractivity contribution in [2.24, 2.45) is 0 Å². The molecule has 17 heteroatoms. The van der Waals surface area contributed by atoms with E-state index in [1.807, 2.05) is 0 Å². The summed E-state index contributed by atoms with van der Waals surface area (Å²) in [6.45, 7) is 2.09. The SMILES string of the molecule is CC(=O)OC[C@@H]1O[C@@H](O[C@]2(COC(C)=O)O[C@H](COC(=O)C=Cc3ccc(O)cc3)[C@H](O)[C@H]2O)[C@@H](O)[C@H](OC(C)=O)[C@@H]1OC(C)=O. The molecule has 254 valence electrons. The fourth-order valence-electron chi connectivity index (χ4n) is 4.59. The molecule has 4 N–H and O–H groups in total. The predicted molar refractivity (Wildman–Crippen MR) is 148 cm³/mol. The fraction of sp³-hybridized carbons (Fsp3) is 0.552. The highest BCUT2D eigenvalue weighted by Gasteiger charge is 2.60. The Balaban J connectivity index is 1.84. The summed E-state index contributed by atoms with van der Waals surface area (Å²) in [7, 11) is 0. The van der Waals surface area contributed by atoms with Gasteiger partial charge < -0.3 is 58.3 Å². The second-order valence-corrected chi connectivity index (χ2v) is 10.3. The molecule has 2 fully saturated rings. The number of rotatable bonds is 12. The summed E-state index contributed by atoms with van der Waals surface area (Å²) in [5.74, 6) is -6.66. The van der Waals surface area contributed by atoms with Crippen molar-refractivity contribution in [3.8, 4) is 5.75 Å². The van der Waals surface area contributed by atoms with Crippen LogP contribution in [-0.4, -0.2) is 125 Å². The first-order valence-corrected chi connectivity index (χ1v) is 13.9. The third-order valence-corrected chi connectivity index (χ3v) is 6.66. The summed E-state index contributed by atoms with van der Waals surface area (Å²) < 4.78 is 42.8. The van der Waals surface area contributed by atoms with Gasteiger partial charge in [0, 0.05) is 33.8 Å². The number of aliphatic hydroxyl groups is 3. The second-order valence-electron chi connectivity index (χ2n) is 10.3. The number of carbonyl (C=O) groups is 5. The lowest BCUT2D eigenvalue weighted by molar-refractivity contribution is -0.384. The molecule has 0 radical (unpaired) electrons. The van der Waals surface area contributed by atoms with Gasteiger partial charge in [-0.1, -0.05) is 12.1 Å². The average Bonchev–Trinajstić information content (AvgIpc) is 3.21. The molecule has 17 nitrogen and oxygen atoms in total. The van der Waals surface area contributed by atoms with Crippen LogP contribution in [0.2, 0.25) is 0 Å². The lowest BCUT2D eigenvalue weighted by Crippen LogP contribution is -2.64. The molecule has 0 spiro atoms. The summed E-state index contributed by atoms with van der Waals surface area (Å²) in [5.41, 5.74) is 0.567. The van der Waals surface area contributed by atoms with Gasteiger partial charge in [0.1, 0.15) is 56.1 Å². The zero-order chi connectivity index (χ0) is 34.2. The van der Waals surface area contributed by atoms with E-state index in [4.69, 9.17) is 37.9 Å². The molecule has 0 aromatic heterocycles. The van der Waals surface area contributed by atoms with Gasteiger partial charge in [0.15, 0.2) is 18.5 Å². The van der Waals surface area contributed by atoms with Crippen molar-refractivity contribution in [3.05, 3.63) is 35.9 Å². The molecular formula is C29H36O17. The molecule has 9 atom stereocenters. The van der Waals surface area contributed by atoms with Crippen molar-refractivity contribution in [2.75, 3.05) is 19.8 Å². The second kappa shape index (κ2) is 15.9. The van der Waals surface area contributed by atoms with Gasteiger partial charge in [-0.25, -0.2) is 4.79 Å². The van der Waals surface area contributed by atoms with Gasteiger partial charge in [-0.3, -0.25) is 19.2 Å². The van der Waals surface area contributed by atoms with E-state index in [0.29, 0.717) is 5.56 Å². The average molecular weight is 657 g/mol. The van der Waals surface area contributed by atoms with Gasteiger partial charge >= 0.3 is 29.8 Å². The van der Waals surface area contributed by atoms with E-state index in [1.54, 1.807) is 12.1 Å². The van der Waals surface area contributed by atoms with Crippen molar-refractivity contribution >= 4 is 35.9 Å². The molecule has 0 amide bonds. The highest BCUT2D eigenvalue weighted by atomic mass is 16.8. The number of esters is 5. The molecular weight excluding hydrogens is 620 g/mol. The maximum absolute atomic E-state index is 12.3. The number of aliphatic hydroxyl groups excluding tert-OH is 3. The topological polar surface area (TPSA) is 240 Å². The zero-order valence-electron chi connectivity index (χ0n) is 25.3. The van der Waals surface area contributed by atoms with E-state index in [2.05, 4.69) is 0 Å². The van der Waals surface area contributed by atoms with E-state index in [-0.39, 0.29) is 5.75 Å². The Hall–Kier alpha value is -4.13. The van der Waals surface area contributed by atoms with Crippen molar-refractivity contribution < 1.29 is 82.3 Å². The van der Waals surface area contributed by atoms with E-state index in [9.17, 15) is 44.4 Å². The molecule has 1 aromatic rings. The Morgan fingerprint density at radius 1 is 0.783 bits per heavy atom. The molecule has 2 heterocycles. The minimum absolute atomic E-state index is 0.0299. The molecule has 2 aliphatic heterocycles. The van der Waals surface area contributed by atoms with Crippen LogP contribution in [0.3, 0.4) is 0 Å². The normalized spacial score (nSPS) is 30.8. The van der Waals surface area contributed by atoms with Crippen molar-refractivity contribution in [3.63, 3.8) is 0 Å². The fourth-order valence-corrected chi connectivity index (χ4v) is 4.59. The molecule has 1 aromatic carbocycles. The van der Waals surface area contributed by atoms with Gasteiger partial charge in [0.2, 0.25) is 5.79 Å². The van der Waals surface area contributed by atoms with Crippen LogP contribution in [0.15, 0.2) is 30.3 Å². The van der Waals surface area contributed by atoms with Crippen molar-refractivity contribution in [1.82, 2.24) is 0 Å². The van der Waals surface area contributed by atoms with Crippen LogP contribution in [0.1, 0.15) is 33.3 Å². The number of hydrogen-bond acceptors (Lipinski definition) is 17. The number of hydrogen-bond donors (Lipinski definition) is 4. The Labute approximate surface area is 262 Å². The highest BCUT2D eigenvalue weighted by Crippen LogP contribution is 2.38. The summed E-state index contributed by atoms with van der Waals surface area (Å²) in [6.07, 6.45) is -11.2. The summed E-state index contributed by atoms with van der Waals surface area (Å²) >= 11 is 0. The molecule has 0 aliphatic carbocycles. The smallest absolute Gasteiger partial charge is 0.330 e. The summed E-state index contributed by atoms with van der Waals surface area (Å²) in [5, 5.41) is 42.4. The van der Waals surface area contributed by atoms with Gasteiger partial charge in [-0.05, 0) is 23.8 Å². The Morgan fingerprint density at radius 3 is 1.96 bits per heavy atom. The van der Waals surface area contributed by atoms with Gasteiger partial charge in [0.25, 0.3) is 0 Å². The van der Waals surface area contributed by atoms with Gasteiger partial charge in [-0.15, -0.1) is 0 Å². The maximum Gasteiger partial charge on any atom is 0.330 e. The Bertz CT molecular complexity index is 1280. The maximum atomic E-state index is 12.3. The molecule has 2 saturated heterocycles. The number of ether oxygens (including phenoxy) is 8. The predicted octanol–water partition coefficient (Wildman–Crippen LogP) is -1.14. The van der Waals surface area contributed by atoms with Crippen LogP contribution in [0.5, 0.6) is 5.75 Å². The first-order chi connectivity index (χ1) is 21.6. The summed E-state index contributed by atoms with van der Waals surface area (Å²) in [4.78, 5) is 59.3. The number of benzene rings is 1. The quantitative estimate of drug-likeness (QED) is 0.118. The zero-order valence-corrected chi connectivity index (χ0v) is 25.3. The molecule has 0 unspecified atom stereocenters. The van der Waals surface area contributed by atoms with E-state index >= 15 is 0 Å². The third-order valence-electron chi connectivity index (χ3n) is 6.66. The number of aromatic hydroxyl groups is 1. The van der Waals surface area contributed by atoms with Crippen LogP contribution in [0.25, 0.3) is 6.08 Å². The molecule has 0 saturated carbocycles. The number of phenolic OH excluding ortho intramolecular Hbond substituents is 1. The number of phenols is 1. The van der Waals surface area contributed by atoms with Gasteiger partial charge in [0.05, 0.1) is 0 Å². The van der Waals surface area contributed by atoms with Gasteiger partial charge in [-0.2, -0.15) is 0 Å². The lowest BCUT2D eigenvalue weighted by Gasteiger charge is -2.45. The van der Waals surface area contributed by atoms with Crippen molar-refractivity contribution in [1.29, 1.82) is 0 Å². The van der Waals surface area contributed by atoms with E-state index in [1.165, 1.54) is 18.2 Å². The highest BCUT2D eigenvalue weighted by molar-refractivity contribution is 5.87. The monoisotopic (exact) mass is 656 g/mol. The first-order valence-electron chi connectivity index (χ1n) is 13.9. The Kier molecular flexibility index (Phi) is 12.6. The molecule has 2 aliphatic rings. The van der Waals surface area contributed by atoms with E-state index < -0.39 is 104 Å². The van der Waals surface area contributed by atoms with Crippen LogP contribution in [0, 0.1) is 0 Å². The summed E-state index contributed by atoms with van der Waals surface area (Å²) in [6, 6.07) is 5.90. The largest absolute Gasteiger partial charge is 0.508 e. The molecule has 0 bridgehead atoms. The molecule has 3 rings (SSSR count).